The second kappa shape index (κ2) is 6.35. The minimum Gasteiger partial charge on any atom is -0.308 e. The predicted octanol–water partition coefficient (Wildman–Crippen LogP) is 5.19. The summed E-state index contributed by atoms with van der Waals surface area (Å²) in [4.78, 5) is 13.0. The quantitative estimate of drug-likeness (QED) is 0.790. The van der Waals surface area contributed by atoms with Crippen LogP contribution in [-0.4, -0.2) is 6.03 Å². The number of carbonyl (C=O) groups excluding carboxylic acids is 1. The van der Waals surface area contributed by atoms with Crippen molar-refractivity contribution < 1.29 is 4.79 Å². The fraction of sp³-hybridized carbons (Fsp3) is 0.143. The van der Waals surface area contributed by atoms with Gasteiger partial charge in [0.05, 0.1) is 15.6 Å². The van der Waals surface area contributed by atoms with Crippen LogP contribution in [0.2, 0.25) is 10.0 Å². The molecule has 2 aromatic rings. The van der Waals surface area contributed by atoms with Crippen LogP contribution in [-0.2, 0) is 0 Å². The number of carbonyl (C=O) groups is 1. The second-order valence-electron chi connectivity index (χ2n) is 4.31. The van der Waals surface area contributed by atoms with Crippen LogP contribution in [0.3, 0.4) is 0 Å². The molecule has 0 aliphatic carbocycles. The van der Waals surface area contributed by atoms with E-state index in [0.717, 1.165) is 10.4 Å². The lowest BCUT2D eigenvalue weighted by Gasteiger charge is -2.07. The Balaban J connectivity index is 2.14. The van der Waals surface area contributed by atoms with E-state index in [9.17, 15) is 4.79 Å². The van der Waals surface area contributed by atoms with Gasteiger partial charge in [0, 0.05) is 10.6 Å². The number of nitrogens with zero attached hydrogens (tertiary/aromatic N) is 1. The van der Waals surface area contributed by atoms with Crippen LogP contribution in [0, 0.1) is 25.2 Å². The monoisotopic (exact) mass is 339 g/mol. The molecule has 0 fully saturated rings. The summed E-state index contributed by atoms with van der Waals surface area (Å²) >= 11 is 13.1. The molecule has 108 valence electrons. The summed E-state index contributed by atoms with van der Waals surface area (Å²) in [5.41, 5.74) is 1.89. The smallest absolute Gasteiger partial charge is 0.308 e. The molecule has 2 rings (SSSR count). The summed E-state index contributed by atoms with van der Waals surface area (Å²) in [6.45, 7) is 3.76. The van der Waals surface area contributed by atoms with Gasteiger partial charge in [0.2, 0.25) is 0 Å². The van der Waals surface area contributed by atoms with Crippen molar-refractivity contribution in [2.24, 2.45) is 0 Å². The van der Waals surface area contributed by atoms with Crippen molar-refractivity contribution in [1.29, 1.82) is 5.26 Å². The van der Waals surface area contributed by atoms with Gasteiger partial charge in [-0.2, -0.15) is 5.26 Å². The van der Waals surface area contributed by atoms with Gasteiger partial charge in [0.1, 0.15) is 11.1 Å². The Morgan fingerprint density at radius 3 is 2.57 bits per heavy atom. The van der Waals surface area contributed by atoms with E-state index in [4.69, 9.17) is 28.5 Å². The fourth-order valence-corrected chi connectivity index (χ4v) is 2.99. The summed E-state index contributed by atoms with van der Waals surface area (Å²) in [6.07, 6.45) is 0. The number of anilines is 2. The fourth-order valence-electron chi connectivity index (χ4n) is 1.69. The van der Waals surface area contributed by atoms with Gasteiger partial charge < -0.3 is 5.32 Å². The van der Waals surface area contributed by atoms with Crippen molar-refractivity contribution in [2.75, 3.05) is 10.6 Å². The van der Waals surface area contributed by atoms with E-state index in [1.807, 2.05) is 13.8 Å². The first-order valence-electron chi connectivity index (χ1n) is 5.95. The highest BCUT2D eigenvalue weighted by molar-refractivity contribution is 7.16. The third kappa shape index (κ3) is 3.48. The average molecular weight is 340 g/mol. The molecule has 1 aromatic heterocycles. The molecule has 21 heavy (non-hydrogen) atoms. The minimum atomic E-state index is -0.439. The molecule has 1 aromatic carbocycles. The topological polar surface area (TPSA) is 64.9 Å². The number of hydrogen-bond acceptors (Lipinski definition) is 3. The first-order valence-corrected chi connectivity index (χ1v) is 7.52. The van der Waals surface area contributed by atoms with Crippen LogP contribution >= 0.6 is 34.5 Å². The lowest BCUT2D eigenvalue weighted by Crippen LogP contribution is -2.19. The van der Waals surface area contributed by atoms with Crippen LogP contribution in [0.4, 0.5) is 15.5 Å². The normalized spacial score (nSPS) is 10.0. The SMILES string of the molecule is Cc1sc(NC(=O)Nc2ccc(Cl)c(Cl)c2)c(C#N)c1C. The molecule has 1 heterocycles. The Morgan fingerprint density at radius 1 is 1.24 bits per heavy atom. The number of nitrogens with one attached hydrogen (secondary N) is 2. The number of halogens is 2. The second-order valence-corrected chi connectivity index (χ2v) is 6.35. The maximum Gasteiger partial charge on any atom is 0.324 e. The Morgan fingerprint density at radius 2 is 1.95 bits per heavy atom. The van der Waals surface area contributed by atoms with Gasteiger partial charge in [-0.05, 0) is 37.6 Å². The van der Waals surface area contributed by atoms with Crippen LogP contribution in [0.1, 0.15) is 16.0 Å². The molecule has 0 saturated carbocycles. The number of thiophene rings is 1. The first kappa shape index (κ1) is 15.6. The lowest BCUT2D eigenvalue weighted by molar-refractivity contribution is 0.262. The highest BCUT2D eigenvalue weighted by Gasteiger charge is 2.14. The first-order chi connectivity index (χ1) is 9.92. The molecular formula is C14H11Cl2N3OS. The van der Waals surface area contributed by atoms with Crippen molar-refractivity contribution in [2.45, 2.75) is 13.8 Å². The molecule has 0 spiro atoms. The Labute approximate surface area is 136 Å². The molecule has 4 nitrogen and oxygen atoms in total. The zero-order valence-electron chi connectivity index (χ0n) is 11.3. The molecule has 2 amide bonds. The zero-order chi connectivity index (χ0) is 15.6. The molecule has 0 unspecified atom stereocenters. The Hall–Kier alpha value is -1.74. The van der Waals surface area contributed by atoms with E-state index < -0.39 is 6.03 Å². The van der Waals surface area contributed by atoms with Gasteiger partial charge >= 0.3 is 6.03 Å². The largest absolute Gasteiger partial charge is 0.324 e. The number of nitriles is 1. The molecule has 0 bridgehead atoms. The van der Waals surface area contributed by atoms with E-state index in [1.165, 1.54) is 11.3 Å². The van der Waals surface area contributed by atoms with Crippen molar-refractivity contribution in [3.05, 3.63) is 44.2 Å². The van der Waals surface area contributed by atoms with Crippen molar-refractivity contribution >= 4 is 51.3 Å². The predicted molar refractivity (Wildman–Crippen MR) is 87.6 cm³/mol. The van der Waals surface area contributed by atoms with Crippen LogP contribution in [0.5, 0.6) is 0 Å². The van der Waals surface area contributed by atoms with E-state index >= 15 is 0 Å². The third-order valence-electron chi connectivity index (χ3n) is 2.90. The summed E-state index contributed by atoms with van der Waals surface area (Å²) in [5.74, 6) is 0. The Kier molecular flexibility index (Phi) is 4.73. The van der Waals surface area contributed by atoms with E-state index in [1.54, 1.807) is 18.2 Å². The van der Waals surface area contributed by atoms with Gasteiger partial charge in [0.15, 0.2) is 0 Å². The van der Waals surface area contributed by atoms with Crippen molar-refractivity contribution in [3.8, 4) is 6.07 Å². The van der Waals surface area contributed by atoms with Crippen molar-refractivity contribution in [3.63, 3.8) is 0 Å². The van der Waals surface area contributed by atoms with E-state index in [-0.39, 0.29) is 0 Å². The highest BCUT2D eigenvalue weighted by atomic mass is 35.5. The number of amides is 2. The number of hydrogen-bond donors (Lipinski definition) is 2. The van der Waals surface area contributed by atoms with Gasteiger partial charge in [-0.3, -0.25) is 5.32 Å². The number of rotatable bonds is 2. The Bertz CT molecular complexity index is 749. The van der Waals surface area contributed by atoms with Gasteiger partial charge in [-0.1, -0.05) is 23.2 Å². The molecule has 7 heteroatoms. The number of urea groups is 1. The average Bonchev–Trinajstić information content (AvgIpc) is 2.68. The van der Waals surface area contributed by atoms with Gasteiger partial charge in [-0.15, -0.1) is 11.3 Å². The molecule has 2 N–H and O–H groups in total. The van der Waals surface area contributed by atoms with E-state index in [2.05, 4.69) is 16.7 Å². The van der Waals surface area contributed by atoms with Crippen LogP contribution in [0.15, 0.2) is 18.2 Å². The number of aryl methyl sites for hydroxylation is 1. The lowest BCUT2D eigenvalue weighted by atomic mass is 10.2. The van der Waals surface area contributed by atoms with Crippen LogP contribution < -0.4 is 10.6 Å². The molecule has 0 radical (unpaired) electrons. The summed E-state index contributed by atoms with van der Waals surface area (Å²) in [5, 5.41) is 15.8. The number of benzene rings is 1. The van der Waals surface area contributed by atoms with Gasteiger partial charge in [0.25, 0.3) is 0 Å². The molecule has 0 aliphatic rings. The van der Waals surface area contributed by atoms with E-state index in [0.29, 0.717) is 26.3 Å². The van der Waals surface area contributed by atoms with Gasteiger partial charge in [-0.25, -0.2) is 4.79 Å². The summed E-state index contributed by atoms with van der Waals surface area (Å²) in [7, 11) is 0. The minimum absolute atomic E-state index is 0.356. The molecule has 0 atom stereocenters. The third-order valence-corrected chi connectivity index (χ3v) is 4.76. The summed E-state index contributed by atoms with van der Waals surface area (Å²) < 4.78 is 0. The highest BCUT2D eigenvalue weighted by Crippen LogP contribution is 2.32. The van der Waals surface area contributed by atoms with Crippen molar-refractivity contribution in [1.82, 2.24) is 0 Å². The van der Waals surface area contributed by atoms with Crippen LogP contribution in [0.25, 0.3) is 0 Å². The summed E-state index contributed by atoms with van der Waals surface area (Å²) in [6, 6.07) is 6.46. The zero-order valence-corrected chi connectivity index (χ0v) is 13.6. The molecular weight excluding hydrogens is 329 g/mol. The molecule has 0 saturated heterocycles. The molecule has 0 aliphatic heterocycles. The maximum absolute atomic E-state index is 12.0. The maximum atomic E-state index is 12.0. The standard InChI is InChI=1S/C14H11Cl2N3OS/c1-7-8(2)21-13(10(7)6-17)19-14(20)18-9-3-4-11(15)12(16)5-9/h3-5H,1-2H3,(H2,18,19,20).